The van der Waals surface area contributed by atoms with Gasteiger partial charge in [0.05, 0.1) is 0 Å². The summed E-state index contributed by atoms with van der Waals surface area (Å²) in [7, 11) is 0. The monoisotopic (exact) mass is 247 g/mol. The summed E-state index contributed by atoms with van der Waals surface area (Å²) in [5.74, 6) is 0.430. The number of primary amides is 1. The van der Waals surface area contributed by atoms with Crippen molar-refractivity contribution in [2.45, 2.75) is 51.0 Å². The van der Waals surface area contributed by atoms with Crippen molar-refractivity contribution < 1.29 is 9.53 Å². The molecule has 3 heteroatoms. The summed E-state index contributed by atoms with van der Waals surface area (Å²) in [5, 5.41) is 0. The molecule has 0 unspecified atom stereocenters. The van der Waals surface area contributed by atoms with E-state index < -0.39 is 5.60 Å². The first-order valence-electron chi connectivity index (χ1n) is 6.74. The molecule has 0 radical (unpaired) electrons. The van der Waals surface area contributed by atoms with Gasteiger partial charge in [-0.3, -0.25) is 4.79 Å². The maximum atomic E-state index is 11.7. The van der Waals surface area contributed by atoms with Gasteiger partial charge in [0.15, 0.2) is 5.60 Å². The highest BCUT2D eigenvalue weighted by atomic mass is 16.5. The van der Waals surface area contributed by atoms with Gasteiger partial charge in [0.1, 0.15) is 5.75 Å². The summed E-state index contributed by atoms with van der Waals surface area (Å²) in [4.78, 5) is 11.7. The van der Waals surface area contributed by atoms with Crippen LogP contribution in [0.1, 0.15) is 44.6 Å². The van der Waals surface area contributed by atoms with Gasteiger partial charge in [-0.2, -0.15) is 0 Å². The van der Waals surface area contributed by atoms with Crippen molar-refractivity contribution in [3.8, 4) is 5.75 Å². The van der Waals surface area contributed by atoms with E-state index in [1.807, 2.05) is 18.2 Å². The number of rotatable bonds is 4. The van der Waals surface area contributed by atoms with Gasteiger partial charge in [0, 0.05) is 0 Å². The van der Waals surface area contributed by atoms with Crippen molar-refractivity contribution in [1.82, 2.24) is 0 Å². The maximum Gasteiger partial charge on any atom is 0.261 e. The van der Waals surface area contributed by atoms with Crippen molar-refractivity contribution in [2.24, 2.45) is 5.73 Å². The molecule has 2 rings (SSSR count). The van der Waals surface area contributed by atoms with Crippen molar-refractivity contribution in [3.63, 3.8) is 0 Å². The zero-order valence-electron chi connectivity index (χ0n) is 10.9. The summed E-state index contributed by atoms with van der Waals surface area (Å²) in [6.45, 7) is 2.10. The Morgan fingerprint density at radius 2 is 2.06 bits per heavy atom. The van der Waals surface area contributed by atoms with E-state index in [0.717, 1.165) is 44.3 Å². The Bertz CT molecular complexity index is 422. The van der Waals surface area contributed by atoms with Crippen LogP contribution in [0.2, 0.25) is 0 Å². The standard InChI is InChI=1S/C15H21NO2/c1-2-12-7-6-8-13(11-12)18-15(14(16)17)9-4-3-5-10-15/h6-8,11H,2-5,9-10H2,1H3,(H2,16,17). The molecule has 1 aromatic rings. The molecule has 3 nitrogen and oxygen atoms in total. The smallest absolute Gasteiger partial charge is 0.261 e. The average molecular weight is 247 g/mol. The van der Waals surface area contributed by atoms with E-state index in [1.165, 1.54) is 5.56 Å². The van der Waals surface area contributed by atoms with Crippen LogP contribution < -0.4 is 10.5 Å². The quantitative estimate of drug-likeness (QED) is 0.889. The molecule has 98 valence electrons. The third kappa shape index (κ3) is 2.66. The molecular formula is C15H21NO2. The fourth-order valence-electron chi connectivity index (χ4n) is 2.58. The molecule has 18 heavy (non-hydrogen) atoms. The highest BCUT2D eigenvalue weighted by Gasteiger charge is 2.40. The molecule has 1 aromatic carbocycles. The van der Waals surface area contributed by atoms with E-state index in [9.17, 15) is 4.79 Å². The van der Waals surface area contributed by atoms with Crippen LogP contribution >= 0.6 is 0 Å². The van der Waals surface area contributed by atoms with E-state index in [2.05, 4.69) is 13.0 Å². The normalized spacial score (nSPS) is 18.3. The zero-order valence-corrected chi connectivity index (χ0v) is 10.9. The SMILES string of the molecule is CCc1cccc(OC2(C(N)=O)CCCCC2)c1. The number of benzene rings is 1. The van der Waals surface area contributed by atoms with E-state index in [4.69, 9.17) is 10.5 Å². The summed E-state index contributed by atoms with van der Waals surface area (Å²) in [5.41, 5.74) is 5.98. The Balaban J connectivity index is 2.20. The van der Waals surface area contributed by atoms with Crippen LogP contribution in [-0.2, 0) is 11.2 Å². The highest BCUT2D eigenvalue weighted by Crippen LogP contribution is 2.33. The largest absolute Gasteiger partial charge is 0.477 e. The Hall–Kier alpha value is -1.51. The molecule has 1 aliphatic rings. The van der Waals surface area contributed by atoms with Crippen molar-refractivity contribution in [2.75, 3.05) is 0 Å². The first-order valence-corrected chi connectivity index (χ1v) is 6.74. The van der Waals surface area contributed by atoms with Gasteiger partial charge in [-0.1, -0.05) is 25.5 Å². The molecule has 0 bridgehead atoms. The lowest BCUT2D eigenvalue weighted by atomic mass is 9.84. The zero-order chi connectivity index (χ0) is 13.0. The lowest BCUT2D eigenvalue weighted by Crippen LogP contribution is -2.50. The molecule has 0 atom stereocenters. The van der Waals surface area contributed by atoms with Crippen LogP contribution in [0, 0.1) is 0 Å². The van der Waals surface area contributed by atoms with Crippen LogP contribution in [0.15, 0.2) is 24.3 Å². The number of nitrogens with two attached hydrogens (primary N) is 1. The van der Waals surface area contributed by atoms with Crippen LogP contribution in [-0.4, -0.2) is 11.5 Å². The lowest BCUT2D eigenvalue weighted by molar-refractivity contribution is -0.136. The molecule has 0 saturated heterocycles. The number of amides is 1. The maximum absolute atomic E-state index is 11.7. The van der Waals surface area contributed by atoms with E-state index in [-0.39, 0.29) is 5.91 Å². The summed E-state index contributed by atoms with van der Waals surface area (Å²) in [6, 6.07) is 7.92. The molecule has 0 heterocycles. The van der Waals surface area contributed by atoms with E-state index >= 15 is 0 Å². The molecule has 0 spiro atoms. The van der Waals surface area contributed by atoms with Gasteiger partial charge in [-0.15, -0.1) is 0 Å². The minimum absolute atomic E-state index is 0.330. The van der Waals surface area contributed by atoms with Gasteiger partial charge in [0.25, 0.3) is 5.91 Å². The predicted octanol–water partition coefficient (Wildman–Crippen LogP) is 2.82. The molecule has 0 aromatic heterocycles. The first-order chi connectivity index (χ1) is 8.66. The first kappa shape index (κ1) is 12.9. The molecule has 1 saturated carbocycles. The van der Waals surface area contributed by atoms with E-state index in [1.54, 1.807) is 0 Å². The number of hydrogen-bond acceptors (Lipinski definition) is 2. The lowest BCUT2D eigenvalue weighted by Gasteiger charge is -2.34. The second kappa shape index (κ2) is 5.42. The minimum Gasteiger partial charge on any atom is -0.477 e. The van der Waals surface area contributed by atoms with Gasteiger partial charge in [0.2, 0.25) is 0 Å². The third-order valence-corrected chi connectivity index (χ3v) is 3.73. The van der Waals surface area contributed by atoms with Gasteiger partial charge in [-0.05, 0) is 49.8 Å². The number of carbonyl (C=O) groups excluding carboxylic acids is 1. The van der Waals surface area contributed by atoms with Crippen LogP contribution in [0.4, 0.5) is 0 Å². The van der Waals surface area contributed by atoms with Gasteiger partial charge < -0.3 is 10.5 Å². The number of ether oxygens (including phenoxy) is 1. The van der Waals surface area contributed by atoms with Crippen molar-refractivity contribution in [1.29, 1.82) is 0 Å². The molecule has 0 aliphatic heterocycles. The van der Waals surface area contributed by atoms with Gasteiger partial charge >= 0.3 is 0 Å². The van der Waals surface area contributed by atoms with E-state index in [0.29, 0.717) is 0 Å². The molecular weight excluding hydrogens is 226 g/mol. The fourth-order valence-corrected chi connectivity index (χ4v) is 2.58. The van der Waals surface area contributed by atoms with Crippen LogP contribution in [0.25, 0.3) is 0 Å². The number of aryl methyl sites for hydroxylation is 1. The fraction of sp³-hybridized carbons (Fsp3) is 0.533. The molecule has 1 fully saturated rings. The minimum atomic E-state index is -0.787. The Kier molecular flexibility index (Phi) is 3.90. The number of hydrogen-bond donors (Lipinski definition) is 1. The van der Waals surface area contributed by atoms with Crippen LogP contribution in [0.5, 0.6) is 5.75 Å². The highest BCUT2D eigenvalue weighted by molar-refractivity contribution is 5.84. The second-order valence-electron chi connectivity index (χ2n) is 5.02. The number of carbonyl (C=O) groups is 1. The second-order valence-corrected chi connectivity index (χ2v) is 5.02. The summed E-state index contributed by atoms with van der Waals surface area (Å²) >= 11 is 0. The average Bonchev–Trinajstić information content (AvgIpc) is 2.40. The summed E-state index contributed by atoms with van der Waals surface area (Å²) < 4.78 is 5.97. The molecule has 2 N–H and O–H groups in total. The Morgan fingerprint density at radius 3 is 2.67 bits per heavy atom. The molecule has 1 aliphatic carbocycles. The Morgan fingerprint density at radius 1 is 1.33 bits per heavy atom. The summed E-state index contributed by atoms with van der Waals surface area (Å²) in [6.07, 6.45) is 5.61. The van der Waals surface area contributed by atoms with Crippen molar-refractivity contribution in [3.05, 3.63) is 29.8 Å². The van der Waals surface area contributed by atoms with Crippen molar-refractivity contribution >= 4 is 5.91 Å². The van der Waals surface area contributed by atoms with Crippen LogP contribution in [0.3, 0.4) is 0 Å². The van der Waals surface area contributed by atoms with Gasteiger partial charge in [-0.25, -0.2) is 0 Å². The third-order valence-electron chi connectivity index (χ3n) is 3.73. The Labute approximate surface area is 108 Å². The predicted molar refractivity (Wildman–Crippen MR) is 71.5 cm³/mol. The topological polar surface area (TPSA) is 52.3 Å². The molecule has 1 amide bonds.